The van der Waals surface area contributed by atoms with E-state index in [9.17, 15) is 0 Å². The summed E-state index contributed by atoms with van der Waals surface area (Å²) < 4.78 is 4.74. The Balaban J connectivity index is 1.99. The summed E-state index contributed by atoms with van der Waals surface area (Å²) in [6.45, 7) is 4.35. The van der Waals surface area contributed by atoms with Gasteiger partial charge < -0.3 is 0 Å². The number of rotatable bonds is 2. The van der Waals surface area contributed by atoms with Crippen molar-refractivity contribution in [3.05, 3.63) is 96.1 Å². The topological polar surface area (TPSA) is 8.81 Å². The first-order valence-corrected chi connectivity index (χ1v) is 9.70. The van der Waals surface area contributed by atoms with Crippen molar-refractivity contribution in [1.82, 2.24) is 4.57 Å². The van der Waals surface area contributed by atoms with E-state index in [1.165, 1.54) is 50.0 Å². The lowest BCUT2D eigenvalue weighted by atomic mass is 10.1. The fraction of sp³-hybridized carbons (Fsp3) is 0.115. The van der Waals surface area contributed by atoms with Crippen molar-refractivity contribution in [3.63, 3.8) is 0 Å². The molecule has 2 nitrogen and oxygen atoms in total. The largest absolute Gasteiger partial charge is 0.295 e. The Morgan fingerprint density at radius 3 is 2.36 bits per heavy atom. The molecular formula is C26H23N2+. The summed E-state index contributed by atoms with van der Waals surface area (Å²) in [5.74, 6) is 1.20. The average molecular weight is 363 g/mol. The minimum absolute atomic E-state index is 1.20. The molecule has 5 aromatic rings. The summed E-state index contributed by atoms with van der Waals surface area (Å²) in [5.41, 5.74) is 7.48. The third-order valence-electron chi connectivity index (χ3n) is 5.66. The molecule has 0 spiro atoms. The SMILES string of the molecule is Cc1ccc2c(c1)n(-c1cccc3ccccc13)c(-c1ccccc1C)[n+]2C. The van der Waals surface area contributed by atoms with Gasteiger partial charge in [0.15, 0.2) is 11.0 Å². The van der Waals surface area contributed by atoms with Crippen LogP contribution in [0.1, 0.15) is 11.1 Å². The highest BCUT2D eigenvalue weighted by molar-refractivity contribution is 5.93. The third kappa shape index (κ3) is 2.45. The number of fused-ring (bicyclic) bond motifs is 2. The summed E-state index contributed by atoms with van der Waals surface area (Å²) in [6, 6.07) is 30.5. The molecule has 0 bridgehead atoms. The predicted octanol–water partition coefficient (Wildman–Crippen LogP) is 5.89. The van der Waals surface area contributed by atoms with E-state index in [2.05, 4.69) is 115 Å². The predicted molar refractivity (Wildman–Crippen MR) is 117 cm³/mol. The van der Waals surface area contributed by atoms with Crippen LogP contribution < -0.4 is 4.57 Å². The highest BCUT2D eigenvalue weighted by atomic mass is 15.2. The first kappa shape index (κ1) is 16.8. The number of hydrogen-bond acceptors (Lipinski definition) is 0. The van der Waals surface area contributed by atoms with Gasteiger partial charge >= 0.3 is 0 Å². The van der Waals surface area contributed by atoms with Gasteiger partial charge in [-0.15, -0.1) is 0 Å². The molecule has 0 saturated carbocycles. The molecule has 136 valence electrons. The van der Waals surface area contributed by atoms with Crippen LogP contribution in [0.15, 0.2) is 84.9 Å². The van der Waals surface area contributed by atoms with E-state index < -0.39 is 0 Å². The molecule has 1 aromatic heterocycles. The normalized spacial score (nSPS) is 11.4. The molecule has 0 fully saturated rings. The number of nitrogens with zero attached hydrogens (tertiary/aromatic N) is 2. The maximum absolute atomic E-state index is 2.42. The highest BCUT2D eigenvalue weighted by Gasteiger charge is 2.27. The van der Waals surface area contributed by atoms with Gasteiger partial charge in [0.25, 0.3) is 5.82 Å². The maximum atomic E-state index is 2.42. The van der Waals surface area contributed by atoms with Crippen LogP contribution in [-0.2, 0) is 7.05 Å². The molecule has 0 N–H and O–H groups in total. The van der Waals surface area contributed by atoms with Crippen molar-refractivity contribution in [2.24, 2.45) is 7.05 Å². The minimum atomic E-state index is 1.20. The van der Waals surface area contributed by atoms with Gasteiger partial charge in [-0.25, -0.2) is 4.57 Å². The van der Waals surface area contributed by atoms with Crippen LogP contribution in [0.5, 0.6) is 0 Å². The molecule has 0 aliphatic heterocycles. The van der Waals surface area contributed by atoms with E-state index in [-0.39, 0.29) is 0 Å². The number of imidazole rings is 1. The molecule has 0 aliphatic rings. The Morgan fingerprint density at radius 2 is 1.50 bits per heavy atom. The van der Waals surface area contributed by atoms with Crippen molar-refractivity contribution >= 4 is 21.8 Å². The van der Waals surface area contributed by atoms with Crippen LogP contribution in [0.4, 0.5) is 0 Å². The lowest BCUT2D eigenvalue weighted by Gasteiger charge is -2.08. The van der Waals surface area contributed by atoms with Gasteiger partial charge in [0.05, 0.1) is 12.6 Å². The third-order valence-corrected chi connectivity index (χ3v) is 5.66. The fourth-order valence-corrected chi connectivity index (χ4v) is 4.25. The van der Waals surface area contributed by atoms with Crippen molar-refractivity contribution in [2.45, 2.75) is 13.8 Å². The van der Waals surface area contributed by atoms with Gasteiger partial charge in [-0.3, -0.25) is 0 Å². The summed E-state index contributed by atoms with van der Waals surface area (Å²) in [7, 11) is 2.17. The number of benzene rings is 4. The summed E-state index contributed by atoms with van der Waals surface area (Å²) >= 11 is 0. The van der Waals surface area contributed by atoms with Crippen molar-refractivity contribution in [3.8, 4) is 17.1 Å². The molecule has 0 atom stereocenters. The zero-order valence-corrected chi connectivity index (χ0v) is 16.5. The van der Waals surface area contributed by atoms with Gasteiger partial charge in [0, 0.05) is 5.39 Å². The van der Waals surface area contributed by atoms with Crippen molar-refractivity contribution < 1.29 is 4.57 Å². The van der Waals surface area contributed by atoms with Crippen LogP contribution in [0.3, 0.4) is 0 Å². The molecular weight excluding hydrogens is 340 g/mol. The molecule has 0 amide bonds. The second kappa shape index (κ2) is 6.35. The van der Waals surface area contributed by atoms with E-state index in [0.29, 0.717) is 0 Å². The fourth-order valence-electron chi connectivity index (χ4n) is 4.25. The van der Waals surface area contributed by atoms with Gasteiger partial charge in [0.1, 0.15) is 5.69 Å². The van der Waals surface area contributed by atoms with Gasteiger partial charge in [-0.2, -0.15) is 4.57 Å². The van der Waals surface area contributed by atoms with E-state index in [0.717, 1.165) is 0 Å². The van der Waals surface area contributed by atoms with Crippen LogP contribution >= 0.6 is 0 Å². The van der Waals surface area contributed by atoms with Crippen LogP contribution in [0.25, 0.3) is 38.9 Å². The van der Waals surface area contributed by atoms with E-state index >= 15 is 0 Å². The minimum Gasteiger partial charge on any atom is -0.225 e. The second-order valence-electron chi connectivity index (χ2n) is 7.52. The smallest absolute Gasteiger partial charge is 0.225 e. The molecule has 4 aromatic carbocycles. The Morgan fingerprint density at radius 1 is 0.750 bits per heavy atom. The highest BCUT2D eigenvalue weighted by Crippen LogP contribution is 2.32. The molecule has 2 heteroatoms. The standard InChI is InChI=1S/C26H23N2/c1-18-15-16-24-25(17-18)28(23-14-8-11-20-10-5-7-13-22(20)23)26(27(24)3)21-12-6-4-9-19(21)2/h4-17H,1-3H3/q+1. The first-order valence-electron chi connectivity index (χ1n) is 9.70. The van der Waals surface area contributed by atoms with Crippen molar-refractivity contribution in [2.75, 3.05) is 0 Å². The van der Waals surface area contributed by atoms with E-state index in [1.54, 1.807) is 0 Å². The number of aromatic nitrogens is 2. The van der Waals surface area contributed by atoms with Gasteiger partial charge in [-0.05, 0) is 54.6 Å². The van der Waals surface area contributed by atoms with Crippen LogP contribution in [-0.4, -0.2) is 4.57 Å². The average Bonchev–Trinajstić information content (AvgIpc) is 2.99. The van der Waals surface area contributed by atoms with Crippen LogP contribution in [0, 0.1) is 13.8 Å². The molecule has 0 saturated heterocycles. The molecule has 5 rings (SSSR count). The monoisotopic (exact) mass is 363 g/mol. The Bertz CT molecular complexity index is 1340. The van der Waals surface area contributed by atoms with Gasteiger partial charge in [0.2, 0.25) is 0 Å². The molecule has 0 radical (unpaired) electrons. The first-order chi connectivity index (χ1) is 13.6. The zero-order valence-electron chi connectivity index (χ0n) is 16.5. The van der Waals surface area contributed by atoms with E-state index in [1.807, 2.05) is 0 Å². The summed E-state index contributed by atoms with van der Waals surface area (Å²) in [6.07, 6.45) is 0. The molecule has 28 heavy (non-hydrogen) atoms. The maximum Gasteiger partial charge on any atom is 0.295 e. The van der Waals surface area contributed by atoms with Crippen molar-refractivity contribution in [1.29, 1.82) is 0 Å². The van der Waals surface area contributed by atoms with E-state index in [4.69, 9.17) is 0 Å². The summed E-state index contributed by atoms with van der Waals surface area (Å²) in [4.78, 5) is 0. The quantitative estimate of drug-likeness (QED) is 0.346. The molecule has 0 unspecified atom stereocenters. The second-order valence-corrected chi connectivity index (χ2v) is 7.52. The number of aryl methyl sites for hydroxylation is 3. The summed E-state index contributed by atoms with van der Waals surface area (Å²) in [5, 5.41) is 2.52. The Kier molecular flexibility index (Phi) is 3.80. The number of hydrogen-bond donors (Lipinski definition) is 0. The lowest BCUT2D eigenvalue weighted by Crippen LogP contribution is -2.30. The van der Waals surface area contributed by atoms with Gasteiger partial charge in [-0.1, -0.05) is 60.7 Å². The molecule has 1 heterocycles. The Hall–Kier alpha value is -3.39. The zero-order chi connectivity index (χ0) is 19.3. The Labute approximate surface area is 165 Å². The molecule has 0 aliphatic carbocycles. The van der Waals surface area contributed by atoms with Crippen LogP contribution in [0.2, 0.25) is 0 Å². The lowest BCUT2D eigenvalue weighted by molar-refractivity contribution is -0.633.